The summed E-state index contributed by atoms with van der Waals surface area (Å²) in [5.74, 6) is 0. The summed E-state index contributed by atoms with van der Waals surface area (Å²) in [5, 5.41) is 4.70. The molecule has 0 aromatic carbocycles. The standard InChI is InChI=1S/C16H29N3OS/c1-5-9-17-12(3)15-13(4)18-16(21-15)19(6-2)11-14-8-7-10-20-14/h12,14,17H,5-11H2,1-4H3. The van der Waals surface area contributed by atoms with E-state index in [2.05, 4.69) is 37.9 Å². The molecule has 0 bridgehead atoms. The predicted octanol–water partition coefficient (Wildman–Crippen LogP) is 3.52. The molecule has 0 saturated carbocycles. The highest BCUT2D eigenvalue weighted by molar-refractivity contribution is 7.15. The number of thiazole rings is 1. The third-order valence-electron chi connectivity index (χ3n) is 4.02. The third kappa shape index (κ3) is 4.41. The Labute approximate surface area is 132 Å². The summed E-state index contributed by atoms with van der Waals surface area (Å²) in [6.45, 7) is 12.7. The van der Waals surface area contributed by atoms with E-state index in [0.29, 0.717) is 12.1 Å². The van der Waals surface area contributed by atoms with E-state index >= 15 is 0 Å². The maximum absolute atomic E-state index is 5.77. The molecule has 0 spiro atoms. The Bertz CT molecular complexity index is 429. The molecule has 21 heavy (non-hydrogen) atoms. The van der Waals surface area contributed by atoms with Gasteiger partial charge in [-0.05, 0) is 46.6 Å². The van der Waals surface area contributed by atoms with E-state index in [1.54, 1.807) is 0 Å². The number of ether oxygens (including phenoxy) is 1. The summed E-state index contributed by atoms with van der Waals surface area (Å²) in [4.78, 5) is 8.53. The van der Waals surface area contributed by atoms with Gasteiger partial charge in [-0.15, -0.1) is 11.3 Å². The van der Waals surface area contributed by atoms with Crippen molar-refractivity contribution in [2.24, 2.45) is 0 Å². The van der Waals surface area contributed by atoms with Crippen LogP contribution < -0.4 is 10.2 Å². The van der Waals surface area contributed by atoms with Crippen molar-refractivity contribution in [1.82, 2.24) is 10.3 Å². The van der Waals surface area contributed by atoms with Gasteiger partial charge in [-0.25, -0.2) is 4.98 Å². The summed E-state index contributed by atoms with van der Waals surface area (Å²) in [7, 11) is 0. The molecule has 1 fully saturated rings. The summed E-state index contributed by atoms with van der Waals surface area (Å²) in [6.07, 6.45) is 3.92. The molecule has 1 aliphatic heterocycles. The van der Waals surface area contributed by atoms with E-state index in [0.717, 1.165) is 43.5 Å². The lowest BCUT2D eigenvalue weighted by Gasteiger charge is -2.23. The average Bonchev–Trinajstić information content (AvgIpc) is 3.11. The minimum atomic E-state index is 0.383. The van der Waals surface area contributed by atoms with Gasteiger partial charge in [0.2, 0.25) is 0 Å². The lowest BCUT2D eigenvalue weighted by molar-refractivity contribution is 0.115. The zero-order valence-corrected chi connectivity index (χ0v) is 14.6. The molecule has 1 aliphatic rings. The number of nitrogens with one attached hydrogen (secondary N) is 1. The van der Waals surface area contributed by atoms with E-state index in [9.17, 15) is 0 Å². The molecular formula is C16H29N3OS. The molecule has 1 saturated heterocycles. The summed E-state index contributed by atoms with van der Waals surface area (Å²) in [6, 6.07) is 0.387. The first kappa shape index (κ1) is 16.7. The van der Waals surface area contributed by atoms with Gasteiger partial charge in [0.05, 0.1) is 11.8 Å². The van der Waals surface area contributed by atoms with Gasteiger partial charge < -0.3 is 15.0 Å². The maximum Gasteiger partial charge on any atom is 0.185 e. The van der Waals surface area contributed by atoms with Gasteiger partial charge in [0.1, 0.15) is 0 Å². The molecule has 2 unspecified atom stereocenters. The van der Waals surface area contributed by atoms with E-state index < -0.39 is 0 Å². The Morgan fingerprint density at radius 1 is 1.48 bits per heavy atom. The topological polar surface area (TPSA) is 37.4 Å². The second-order valence-electron chi connectivity index (χ2n) is 5.80. The maximum atomic E-state index is 5.77. The lowest BCUT2D eigenvalue weighted by Crippen LogP contribution is -2.31. The van der Waals surface area contributed by atoms with Crippen molar-refractivity contribution in [2.75, 3.05) is 31.1 Å². The van der Waals surface area contributed by atoms with Crippen molar-refractivity contribution in [2.45, 2.75) is 59.1 Å². The number of likely N-dealkylation sites (N-methyl/N-ethyl adjacent to an activating group) is 1. The number of nitrogens with zero attached hydrogens (tertiary/aromatic N) is 2. The van der Waals surface area contributed by atoms with Gasteiger partial charge in [0.15, 0.2) is 5.13 Å². The molecule has 2 atom stereocenters. The van der Waals surface area contributed by atoms with Crippen molar-refractivity contribution in [3.05, 3.63) is 10.6 Å². The minimum Gasteiger partial charge on any atom is -0.376 e. The fourth-order valence-corrected chi connectivity index (χ4v) is 3.93. The van der Waals surface area contributed by atoms with Crippen LogP contribution in [-0.2, 0) is 4.74 Å². The van der Waals surface area contributed by atoms with Crippen LogP contribution in [0.1, 0.15) is 56.6 Å². The van der Waals surface area contributed by atoms with Crippen LogP contribution in [0.3, 0.4) is 0 Å². The number of anilines is 1. The summed E-state index contributed by atoms with van der Waals surface area (Å²) >= 11 is 1.83. The monoisotopic (exact) mass is 311 g/mol. The van der Waals surface area contributed by atoms with Gasteiger partial charge in [-0.2, -0.15) is 0 Å². The van der Waals surface area contributed by atoms with Crippen molar-refractivity contribution in [1.29, 1.82) is 0 Å². The molecule has 0 radical (unpaired) electrons. The average molecular weight is 311 g/mol. The number of rotatable bonds is 8. The highest BCUT2D eigenvalue weighted by atomic mass is 32.1. The first-order chi connectivity index (χ1) is 10.2. The van der Waals surface area contributed by atoms with Crippen LogP contribution in [0.5, 0.6) is 0 Å². The first-order valence-electron chi connectivity index (χ1n) is 8.22. The molecule has 2 rings (SSSR count). The summed E-state index contributed by atoms with van der Waals surface area (Å²) < 4.78 is 5.77. The molecule has 1 N–H and O–H groups in total. The second kappa shape index (κ2) is 8.11. The van der Waals surface area contributed by atoms with Crippen molar-refractivity contribution >= 4 is 16.5 Å². The third-order valence-corrected chi connectivity index (χ3v) is 5.42. The van der Waals surface area contributed by atoms with Crippen LogP contribution >= 0.6 is 11.3 Å². The Balaban J connectivity index is 2.03. The van der Waals surface area contributed by atoms with Crippen LogP contribution in [0.4, 0.5) is 5.13 Å². The van der Waals surface area contributed by atoms with Crippen LogP contribution in [0, 0.1) is 6.92 Å². The molecule has 120 valence electrons. The number of aryl methyl sites for hydroxylation is 1. The van der Waals surface area contributed by atoms with Crippen molar-refractivity contribution in [3.8, 4) is 0 Å². The quantitative estimate of drug-likeness (QED) is 0.797. The normalized spacial score (nSPS) is 19.9. The predicted molar refractivity (Wildman–Crippen MR) is 90.4 cm³/mol. The molecule has 4 nitrogen and oxygen atoms in total. The molecule has 0 aliphatic carbocycles. The molecule has 1 aromatic rings. The number of aromatic nitrogens is 1. The highest BCUT2D eigenvalue weighted by Crippen LogP contribution is 2.31. The Morgan fingerprint density at radius 3 is 2.90 bits per heavy atom. The van der Waals surface area contributed by atoms with E-state index in [-0.39, 0.29) is 0 Å². The zero-order valence-electron chi connectivity index (χ0n) is 13.8. The van der Waals surface area contributed by atoms with Crippen LogP contribution in [-0.4, -0.2) is 37.3 Å². The largest absolute Gasteiger partial charge is 0.376 e. The number of hydrogen-bond acceptors (Lipinski definition) is 5. The van der Waals surface area contributed by atoms with E-state index in [4.69, 9.17) is 9.72 Å². The minimum absolute atomic E-state index is 0.383. The van der Waals surface area contributed by atoms with Gasteiger partial charge in [0, 0.05) is 30.6 Å². The van der Waals surface area contributed by atoms with Gasteiger partial charge in [-0.3, -0.25) is 0 Å². The highest BCUT2D eigenvalue weighted by Gasteiger charge is 2.22. The lowest BCUT2D eigenvalue weighted by atomic mass is 10.2. The zero-order chi connectivity index (χ0) is 15.2. The smallest absolute Gasteiger partial charge is 0.185 e. The molecular weight excluding hydrogens is 282 g/mol. The van der Waals surface area contributed by atoms with Crippen molar-refractivity contribution in [3.63, 3.8) is 0 Å². The van der Waals surface area contributed by atoms with Crippen molar-refractivity contribution < 1.29 is 4.74 Å². The Kier molecular flexibility index (Phi) is 6.45. The van der Waals surface area contributed by atoms with Crippen LogP contribution in [0.25, 0.3) is 0 Å². The Morgan fingerprint density at radius 2 is 2.29 bits per heavy atom. The number of hydrogen-bond donors (Lipinski definition) is 1. The van der Waals surface area contributed by atoms with Crippen LogP contribution in [0.2, 0.25) is 0 Å². The summed E-state index contributed by atoms with van der Waals surface area (Å²) in [5.41, 5.74) is 1.16. The fourth-order valence-electron chi connectivity index (χ4n) is 2.76. The molecule has 0 amide bonds. The van der Waals surface area contributed by atoms with Gasteiger partial charge in [0.25, 0.3) is 0 Å². The van der Waals surface area contributed by atoms with E-state index in [1.807, 2.05) is 11.3 Å². The first-order valence-corrected chi connectivity index (χ1v) is 9.04. The van der Waals surface area contributed by atoms with Crippen LogP contribution in [0.15, 0.2) is 0 Å². The second-order valence-corrected chi connectivity index (χ2v) is 6.80. The Hall–Kier alpha value is -0.650. The van der Waals surface area contributed by atoms with Gasteiger partial charge >= 0.3 is 0 Å². The SMILES string of the molecule is CCCNC(C)c1sc(N(CC)CC2CCCO2)nc1C. The van der Waals surface area contributed by atoms with Gasteiger partial charge in [-0.1, -0.05) is 6.92 Å². The molecule has 2 heterocycles. The molecule has 5 heteroatoms. The fraction of sp³-hybridized carbons (Fsp3) is 0.812. The molecule has 1 aromatic heterocycles. The van der Waals surface area contributed by atoms with E-state index in [1.165, 1.54) is 17.7 Å².